The topological polar surface area (TPSA) is 56.0 Å². The van der Waals surface area contributed by atoms with Crippen molar-refractivity contribution < 1.29 is 9.15 Å². The van der Waals surface area contributed by atoms with E-state index in [0.29, 0.717) is 23.0 Å². The molecule has 24 heavy (non-hydrogen) atoms. The van der Waals surface area contributed by atoms with Gasteiger partial charge in [0.25, 0.3) is 0 Å². The van der Waals surface area contributed by atoms with Crippen LogP contribution < -0.4 is 4.74 Å². The van der Waals surface area contributed by atoms with Crippen LogP contribution in [0.4, 0.5) is 0 Å². The largest absolute Gasteiger partial charge is 0.486 e. The first-order chi connectivity index (χ1) is 11.6. The summed E-state index contributed by atoms with van der Waals surface area (Å²) in [6.07, 6.45) is 0.959. The second-order valence-electron chi connectivity index (χ2n) is 5.49. The zero-order valence-corrected chi connectivity index (χ0v) is 15.9. The number of ether oxygens (including phenoxy) is 1. The molecular formula is C17H18BrN3O2S. The van der Waals surface area contributed by atoms with Crippen LogP contribution in [0.2, 0.25) is 0 Å². The molecule has 0 unspecified atom stereocenters. The number of hydrogen-bond donors (Lipinski definition) is 1. The lowest BCUT2D eigenvalue weighted by molar-refractivity contribution is 0.271. The molecule has 1 aromatic carbocycles. The Kier molecular flexibility index (Phi) is 5.20. The second-order valence-corrected chi connectivity index (χ2v) is 6.79. The highest BCUT2D eigenvalue weighted by atomic mass is 79.9. The Hall–Kier alpha value is -1.86. The Morgan fingerprint density at radius 1 is 1.29 bits per heavy atom. The summed E-state index contributed by atoms with van der Waals surface area (Å²) in [6, 6.07) is 11.7. The van der Waals surface area contributed by atoms with Gasteiger partial charge in [0.1, 0.15) is 18.1 Å². The van der Waals surface area contributed by atoms with Gasteiger partial charge in [-0.2, -0.15) is 5.10 Å². The molecule has 0 spiro atoms. The maximum Gasteiger partial charge on any atom is 0.198 e. The number of aromatic nitrogens is 3. The predicted molar refractivity (Wildman–Crippen MR) is 98.6 cm³/mol. The molecule has 5 nitrogen and oxygen atoms in total. The van der Waals surface area contributed by atoms with Crippen LogP contribution in [0.15, 0.2) is 45.3 Å². The number of halogens is 1. The maximum absolute atomic E-state index is 5.88. The van der Waals surface area contributed by atoms with Crippen LogP contribution in [0.5, 0.6) is 5.75 Å². The Balaban J connectivity index is 1.76. The lowest BCUT2D eigenvalue weighted by Gasteiger charge is -2.11. The molecule has 2 heterocycles. The second kappa shape index (κ2) is 7.36. The highest BCUT2D eigenvalue weighted by Crippen LogP contribution is 2.25. The van der Waals surface area contributed by atoms with Gasteiger partial charge < -0.3 is 9.15 Å². The van der Waals surface area contributed by atoms with E-state index in [0.717, 1.165) is 22.4 Å². The molecule has 0 saturated heterocycles. The van der Waals surface area contributed by atoms with Crippen LogP contribution >= 0.6 is 28.1 Å². The minimum absolute atomic E-state index is 0.249. The molecular weight excluding hydrogens is 390 g/mol. The van der Waals surface area contributed by atoms with E-state index in [-0.39, 0.29) is 6.04 Å². The van der Waals surface area contributed by atoms with Gasteiger partial charge in [0.05, 0.1) is 0 Å². The van der Waals surface area contributed by atoms with Gasteiger partial charge in [0.2, 0.25) is 0 Å². The summed E-state index contributed by atoms with van der Waals surface area (Å²) >= 11 is 8.72. The molecule has 0 aliphatic heterocycles. The number of nitrogens with one attached hydrogen (secondary N) is 1. The minimum atomic E-state index is 0.249. The molecule has 7 heteroatoms. The Morgan fingerprint density at radius 3 is 2.75 bits per heavy atom. The standard InChI is InChI=1S/C17H18BrN3O2S/c1-3-11(2)21-16(19-20-17(21)24)15-9-8-14(23-15)10-22-13-6-4-12(18)5-7-13/h4-9,11H,3,10H2,1-2H3,(H,20,24)/t11-/m0/s1. The number of aromatic amines is 1. The van der Waals surface area contributed by atoms with Crippen molar-refractivity contribution >= 4 is 28.1 Å². The molecule has 0 fully saturated rings. The number of furan rings is 1. The molecule has 2 aromatic heterocycles. The summed E-state index contributed by atoms with van der Waals surface area (Å²) < 4.78 is 15.2. The van der Waals surface area contributed by atoms with E-state index in [1.54, 1.807) is 0 Å². The molecule has 3 rings (SSSR count). The highest BCUT2D eigenvalue weighted by Gasteiger charge is 2.16. The number of benzene rings is 1. The summed E-state index contributed by atoms with van der Waals surface area (Å²) in [6.45, 7) is 4.58. The lowest BCUT2D eigenvalue weighted by Crippen LogP contribution is -2.05. The van der Waals surface area contributed by atoms with Gasteiger partial charge in [-0.15, -0.1) is 0 Å². The first-order valence-corrected chi connectivity index (χ1v) is 8.93. The number of H-pyrrole nitrogens is 1. The van der Waals surface area contributed by atoms with Gasteiger partial charge in [-0.1, -0.05) is 22.9 Å². The van der Waals surface area contributed by atoms with Crippen molar-refractivity contribution in [3.8, 4) is 17.3 Å². The quantitative estimate of drug-likeness (QED) is 0.546. The summed E-state index contributed by atoms with van der Waals surface area (Å²) in [5.41, 5.74) is 0. The molecule has 0 aliphatic rings. The normalized spacial score (nSPS) is 12.3. The summed E-state index contributed by atoms with van der Waals surface area (Å²) in [4.78, 5) is 0. The fraction of sp³-hybridized carbons (Fsp3) is 0.294. The molecule has 3 aromatic rings. The number of rotatable bonds is 6. The lowest BCUT2D eigenvalue weighted by atomic mass is 10.2. The van der Waals surface area contributed by atoms with Crippen LogP contribution in [0.3, 0.4) is 0 Å². The van der Waals surface area contributed by atoms with E-state index in [1.807, 2.05) is 41.0 Å². The van der Waals surface area contributed by atoms with E-state index in [1.165, 1.54) is 0 Å². The number of hydrogen-bond acceptors (Lipinski definition) is 4. The minimum Gasteiger partial charge on any atom is -0.486 e. The van der Waals surface area contributed by atoms with Crippen LogP contribution in [0.25, 0.3) is 11.6 Å². The average Bonchev–Trinajstić information content (AvgIpc) is 3.20. The van der Waals surface area contributed by atoms with Crippen LogP contribution in [-0.4, -0.2) is 14.8 Å². The van der Waals surface area contributed by atoms with Gasteiger partial charge in [-0.3, -0.25) is 9.67 Å². The molecule has 126 valence electrons. The average molecular weight is 408 g/mol. The summed E-state index contributed by atoms with van der Waals surface area (Å²) in [7, 11) is 0. The van der Waals surface area contributed by atoms with E-state index in [4.69, 9.17) is 21.4 Å². The third-order valence-corrected chi connectivity index (χ3v) is 4.63. The van der Waals surface area contributed by atoms with Gasteiger partial charge in [-0.25, -0.2) is 0 Å². The molecule has 0 aliphatic carbocycles. The zero-order valence-electron chi connectivity index (χ0n) is 13.5. The fourth-order valence-electron chi connectivity index (χ4n) is 2.33. The van der Waals surface area contributed by atoms with Crippen molar-refractivity contribution in [3.63, 3.8) is 0 Å². The molecule has 1 atom stereocenters. The maximum atomic E-state index is 5.88. The van der Waals surface area contributed by atoms with Crippen molar-refractivity contribution in [2.75, 3.05) is 0 Å². The van der Waals surface area contributed by atoms with Gasteiger partial charge in [0.15, 0.2) is 16.4 Å². The Morgan fingerprint density at radius 2 is 2.04 bits per heavy atom. The molecule has 0 amide bonds. The smallest absolute Gasteiger partial charge is 0.198 e. The van der Waals surface area contributed by atoms with Crippen molar-refractivity contribution in [3.05, 3.63) is 51.4 Å². The zero-order chi connectivity index (χ0) is 17.1. The predicted octanol–water partition coefficient (Wildman–Crippen LogP) is 5.51. The van der Waals surface area contributed by atoms with Crippen molar-refractivity contribution in [1.29, 1.82) is 0 Å². The van der Waals surface area contributed by atoms with Gasteiger partial charge in [0, 0.05) is 10.5 Å². The van der Waals surface area contributed by atoms with E-state index in [9.17, 15) is 0 Å². The van der Waals surface area contributed by atoms with Gasteiger partial charge >= 0.3 is 0 Å². The molecule has 0 bridgehead atoms. The van der Waals surface area contributed by atoms with Crippen molar-refractivity contribution in [2.24, 2.45) is 0 Å². The first kappa shape index (κ1) is 17.0. The van der Waals surface area contributed by atoms with Crippen molar-refractivity contribution in [2.45, 2.75) is 32.9 Å². The Bertz CT molecular complexity index is 867. The monoisotopic (exact) mass is 407 g/mol. The van der Waals surface area contributed by atoms with Crippen LogP contribution in [0, 0.1) is 4.77 Å². The van der Waals surface area contributed by atoms with Crippen molar-refractivity contribution in [1.82, 2.24) is 14.8 Å². The van der Waals surface area contributed by atoms with E-state index < -0.39 is 0 Å². The highest BCUT2D eigenvalue weighted by molar-refractivity contribution is 9.10. The third kappa shape index (κ3) is 3.62. The van der Waals surface area contributed by atoms with Crippen LogP contribution in [0.1, 0.15) is 32.1 Å². The van der Waals surface area contributed by atoms with Gasteiger partial charge in [-0.05, 0) is 62.0 Å². The number of nitrogens with zero attached hydrogens (tertiary/aromatic N) is 2. The molecule has 0 radical (unpaired) electrons. The van der Waals surface area contributed by atoms with E-state index in [2.05, 4.69) is 40.0 Å². The molecule has 0 saturated carbocycles. The summed E-state index contributed by atoms with van der Waals surface area (Å²) in [5, 5.41) is 7.15. The Labute approximate surface area is 153 Å². The molecule has 1 N–H and O–H groups in total. The fourth-order valence-corrected chi connectivity index (χ4v) is 2.91. The van der Waals surface area contributed by atoms with Crippen LogP contribution in [-0.2, 0) is 6.61 Å². The van der Waals surface area contributed by atoms with E-state index >= 15 is 0 Å². The first-order valence-electron chi connectivity index (χ1n) is 7.73. The SMILES string of the molecule is CC[C@H](C)n1c(-c2ccc(COc3ccc(Br)cc3)o2)n[nH]c1=S. The third-order valence-electron chi connectivity index (χ3n) is 3.81. The summed E-state index contributed by atoms with van der Waals surface area (Å²) in [5.74, 6) is 2.91.